The lowest BCUT2D eigenvalue weighted by Crippen LogP contribution is -2.17. The molecule has 0 unspecified atom stereocenters. The van der Waals surface area contributed by atoms with Crippen molar-refractivity contribution in [3.63, 3.8) is 0 Å². The van der Waals surface area contributed by atoms with Gasteiger partial charge in [0.25, 0.3) is 0 Å². The third-order valence-corrected chi connectivity index (χ3v) is 3.96. The number of fused-ring (bicyclic) bond motifs is 1. The van der Waals surface area contributed by atoms with Crippen LogP contribution in [0, 0.1) is 6.92 Å². The van der Waals surface area contributed by atoms with Crippen LogP contribution in [0.3, 0.4) is 0 Å². The van der Waals surface area contributed by atoms with Gasteiger partial charge in [0, 0.05) is 23.2 Å². The largest absolute Gasteiger partial charge is 0.497 e. The fourth-order valence-electron chi connectivity index (χ4n) is 2.79. The van der Waals surface area contributed by atoms with E-state index in [9.17, 15) is 0 Å². The minimum atomic E-state index is 0.353. The first-order valence-corrected chi connectivity index (χ1v) is 8.03. The summed E-state index contributed by atoms with van der Waals surface area (Å²) in [6, 6.07) is 6.62. The van der Waals surface area contributed by atoms with Gasteiger partial charge in [0.2, 0.25) is 0 Å². The van der Waals surface area contributed by atoms with Gasteiger partial charge in [-0.1, -0.05) is 6.92 Å². The van der Waals surface area contributed by atoms with Gasteiger partial charge in [0.1, 0.15) is 5.75 Å². The highest BCUT2D eigenvalue weighted by atomic mass is 16.5. The Bertz CT molecular complexity index is 640. The van der Waals surface area contributed by atoms with E-state index in [0.717, 1.165) is 48.5 Å². The van der Waals surface area contributed by atoms with Crippen LogP contribution in [0.2, 0.25) is 0 Å². The first kappa shape index (κ1) is 16.6. The van der Waals surface area contributed by atoms with Crippen LogP contribution in [0.25, 0.3) is 10.9 Å². The lowest BCUT2D eigenvalue weighted by molar-refractivity contribution is 0.415. The number of anilines is 1. The van der Waals surface area contributed by atoms with E-state index in [1.54, 1.807) is 7.11 Å². The Kier molecular flexibility index (Phi) is 5.61. The normalized spacial score (nSPS) is 12.4. The third kappa shape index (κ3) is 3.69. The van der Waals surface area contributed by atoms with Gasteiger partial charge < -0.3 is 15.8 Å². The number of ether oxygens (including phenoxy) is 1. The number of rotatable bonds is 7. The molecule has 0 amide bonds. The summed E-state index contributed by atoms with van der Waals surface area (Å²) in [5.74, 6) is 0.862. The van der Waals surface area contributed by atoms with Crippen molar-refractivity contribution >= 4 is 16.6 Å². The van der Waals surface area contributed by atoms with Crippen molar-refractivity contribution in [1.82, 2.24) is 4.98 Å². The minimum Gasteiger partial charge on any atom is -0.497 e. The van der Waals surface area contributed by atoms with Crippen molar-refractivity contribution in [2.24, 2.45) is 5.73 Å². The Morgan fingerprint density at radius 2 is 2.09 bits per heavy atom. The van der Waals surface area contributed by atoms with Crippen molar-refractivity contribution in [2.75, 3.05) is 19.0 Å². The third-order valence-electron chi connectivity index (χ3n) is 3.96. The van der Waals surface area contributed by atoms with E-state index in [1.165, 1.54) is 10.9 Å². The number of benzene rings is 1. The Morgan fingerprint density at radius 1 is 1.32 bits per heavy atom. The second kappa shape index (κ2) is 7.45. The average Bonchev–Trinajstić information content (AvgIpc) is 2.52. The minimum absolute atomic E-state index is 0.353. The number of nitrogens with two attached hydrogens (primary N) is 1. The molecule has 0 aliphatic rings. The maximum absolute atomic E-state index is 5.60. The van der Waals surface area contributed by atoms with E-state index < -0.39 is 0 Å². The molecule has 0 radical (unpaired) electrons. The monoisotopic (exact) mass is 301 g/mol. The van der Waals surface area contributed by atoms with Crippen LogP contribution >= 0.6 is 0 Å². The van der Waals surface area contributed by atoms with Crippen molar-refractivity contribution in [3.8, 4) is 5.75 Å². The molecule has 1 atom stereocenters. The summed E-state index contributed by atoms with van der Waals surface area (Å²) < 4.78 is 5.47. The first-order chi connectivity index (χ1) is 10.6. The van der Waals surface area contributed by atoms with Crippen molar-refractivity contribution < 1.29 is 4.74 Å². The van der Waals surface area contributed by atoms with Gasteiger partial charge in [-0.25, -0.2) is 0 Å². The second-order valence-electron chi connectivity index (χ2n) is 5.82. The zero-order valence-corrected chi connectivity index (χ0v) is 14.1. The van der Waals surface area contributed by atoms with Crippen LogP contribution in [-0.2, 0) is 6.42 Å². The number of pyridine rings is 1. The van der Waals surface area contributed by atoms with E-state index >= 15 is 0 Å². The molecule has 1 aromatic carbocycles. The molecule has 1 aromatic heterocycles. The van der Waals surface area contributed by atoms with Crippen LogP contribution in [0.1, 0.15) is 37.9 Å². The van der Waals surface area contributed by atoms with Gasteiger partial charge in [-0.15, -0.1) is 0 Å². The molecule has 1 heterocycles. The summed E-state index contributed by atoms with van der Waals surface area (Å²) in [5.41, 5.74) is 10.0. The number of methoxy groups -OCH3 is 1. The Hall–Kier alpha value is -1.81. The van der Waals surface area contributed by atoms with Crippen molar-refractivity contribution in [3.05, 3.63) is 29.5 Å². The van der Waals surface area contributed by atoms with Crippen molar-refractivity contribution in [2.45, 2.75) is 46.1 Å². The number of hydrogen-bond acceptors (Lipinski definition) is 4. The van der Waals surface area contributed by atoms with Crippen LogP contribution in [-0.4, -0.2) is 24.7 Å². The molecule has 22 heavy (non-hydrogen) atoms. The Balaban J connectivity index is 2.49. The van der Waals surface area contributed by atoms with E-state index in [-0.39, 0.29) is 0 Å². The molecule has 0 fully saturated rings. The van der Waals surface area contributed by atoms with E-state index in [1.807, 2.05) is 13.0 Å². The Labute approximate surface area is 133 Å². The summed E-state index contributed by atoms with van der Waals surface area (Å²) in [4.78, 5) is 4.75. The molecule has 3 N–H and O–H groups in total. The standard InChI is InChI=1S/C18H27N3O/c1-5-14-9-13(3)21-18-16(14)10-15(22-4)11-17(18)20-12(2)7-6-8-19/h9-12,20H,5-8,19H2,1-4H3/t12-/m1/s1. The number of nitrogens with zero attached hydrogens (tertiary/aromatic N) is 1. The molecule has 0 saturated carbocycles. The highest BCUT2D eigenvalue weighted by molar-refractivity contribution is 5.94. The van der Waals surface area contributed by atoms with Gasteiger partial charge in [-0.05, 0) is 57.4 Å². The topological polar surface area (TPSA) is 60.2 Å². The quantitative estimate of drug-likeness (QED) is 0.819. The average molecular weight is 301 g/mol. The van der Waals surface area contributed by atoms with Gasteiger partial charge in [0.05, 0.1) is 18.3 Å². The van der Waals surface area contributed by atoms with Crippen LogP contribution in [0.5, 0.6) is 5.75 Å². The number of aryl methyl sites for hydroxylation is 2. The van der Waals surface area contributed by atoms with Gasteiger partial charge in [-0.2, -0.15) is 0 Å². The molecule has 2 rings (SSSR count). The maximum atomic E-state index is 5.60. The highest BCUT2D eigenvalue weighted by Crippen LogP contribution is 2.31. The van der Waals surface area contributed by atoms with E-state index in [2.05, 4.69) is 31.3 Å². The number of hydrogen-bond donors (Lipinski definition) is 2. The van der Waals surface area contributed by atoms with E-state index in [0.29, 0.717) is 6.04 Å². The molecule has 0 aliphatic heterocycles. The summed E-state index contributed by atoms with van der Waals surface area (Å²) in [7, 11) is 1.70. The molecule has 0 saturated heterocycles. The molecule has 0 bridgehead atoms. The molecule has 0 aliphatic carbocycles. The maximum Gasteiger partial charge on any atom is 0.121 e. The molecule has 4 nitrogen and oxygen atoms in total. The summed E-state index contributed by atoms with van der Waals surface area (Å²) >= 11 is 0. The molecule has 0 spiro atoms. The number of aromatic nitrogens is 1. The van der Waals surface area contributed by atoms with Crippen molar-refractivity contribution in [1.29, 1.82) is 0 Å². The molecular weight excluding hydrogens is 274 g/mol. The first-order valence-electron chi connectivity index (χ1n) is 8.03. The van der Waals surface area contributed by atoms with Crippen LogP contribution in [0.15, 0.2) is 18.2 Å². The fraction of sp³-hybridized carbons (Fsp3) is 0.500. The van der Waals surface area contributed by atoms with Gasteiger partial charge >= 0.3 is 0 Å². The van der Waals surface area contributed by atoms with Crippen LogP contribution in [0.4, 0.5) is 5.69 Å². The SMILES string of the molecule is CCc1cc(C)nc2c(N[C@H](C)CCCN)cc(OC)cc12. The van der Waals surface area contributed by atoms with Gasteiger partial charge in [0.15, 0.2) is 0 Å². The number of nitrogens with one attached hydrogen (secondary N) is 1. The smallest absolute Gasteiger partial charge is 0.121 e. The zero-order chi connectivity index (χ0) is 16.1. The fourth-order valence-corrected chi connectivity index (χ4v) is 2.79. The summed E-state index contributed by atoms with van der Waals surface area (Å²) in [6.45, 7) is 7.12. The molecule has 120 valence electrons. The molecule has 4 heteroatoms. The summed E-state index contributed by atoms with van der Waals surface area (Å²) in [5, 5.41) is 4.74. The molecule has 2 aromatic rings. The van der Waals surface area contributed by atoms with Crippen LogP contribution < -0.4 is 15.8 Å². The van der Waals surface area contributed by atoms with E-state index in [4.69, 9.17) is 15.5 Å². The van der Waals surface area contributed by atoms with Gasteiger partial charge in [-0.3, -0.25) is 4.98 Å². The Morgan fingerprint density at radius 3 is 2.73 bits per heavy atom. The molecular formula is C18H27N3O. The highest BCUT2D eigenvalue weighted by Gasteiger charge is 2.12. The summed E-state index contributed by atoms with van der Waals surface area (Å²) in [6.07, 6.45) is 3.04. The second-order valence-corrected chi connectivity index (χ2v) is 5.82. The lowest BCUT2D eigenvalue weighted by Gasteiger charge is -2.18. The lowest BCUT2D eigenvalue weighted by atomic mass is 10.0. The predicted octanol–water partition coefficient (Wildman–Crippen LogP) is 3.65. The predicted molar refractivity (Wildman–Crippen MR) is 93.8 cm³/mol. The zero-order valence-electron chi connectivity index (χ0n) is 14.1.